The van der Waals surface area contributed by atoms with Crippen LogP contribution < -0.4 is 4.74 Å². The highest BCUT2D eigenvalue weighted by Crippen LogP contribution is 2.25. The summed E-state index contributed by atoms with van der Waals surface area (Å²) < 4.78 is 10.5. The highest BCUT2D eigenvalue weighted by atomic mass is 35.5. The molecule has 1 aromatic heterocycles. The van der Waals surface area contributed by atoms with Gasteiger partial charge in [-0.1, -0.05) is 23.7 Å². The standard InChI is InChI=1S/C23H25ClN2O3/c1-16-12-21(20-14-18(24)8-9-22(20)25-16)23(27)26(10-5-11-28-2)15-17-6-4-7-19(13-17)29-3/h4,6-9,12-14H,5,10-11,15H2,1-3H3. The molecule has 0 N–H and O–H groups in total. The molecule has 5 nitrogen and oxygen atoms in total. The highest BCUT2D eigenvalue weighted by Gasteiger charge is 2.20. The molecular weight excluding hydrogens is 388 g/mol. The average Bonchev–Trinajstić information content (AvgIpc) is 2.72. The maximum Gasteiger partial charge on any atom is 0.254 e. The number of fused-ring (bicyclic) bond motifs is 1. The third-order valence-corrected chi connectivity index (χ3v) is 4.94. The number of aromatic nitrogens is 1. The fourth-order valence-electron chi connectivity index (χ4n) is 3.32. The number of methoxy groups -OCH3 is 2. The molecule has 0 atom stereocenters. The largest absolute Gasteiger partial charge is 0.497 e. The highest BCUT2D eigenvalue weighted by molar-refractivity contribution is 6.31. The molecule has 0 saturated heterocycles. The SMILES string of the molecule is COCCCN(Cc1cccc(OC)c1)C(=O)c1cc(C)nc2ccc(Cl)cc12. The van der Waals surface area contributed by atoms with Gasteiger partial charge in [0.15, 0.2) is 0 Å². The first-order valence-corrected chi connectivity index (χ1v) is 9.87. The van der Waals surface area contributed by atoms with Crippen LogP contribution in [0.5, 0.6) is 5.75 Å². The number of benzene rings is 2. The zero-order valence-corrected chi connectivity index (χ0v) is 17.7. The number of halogens is 1. The molecule has 3 aromatic rings. The van der Waals surface area contributed by atoms with Crippen LogP contribution in [0.25, 0.3) is 10.9 Å². The van der Waals surface area contributed by atoms with Crippen molar-refractivity contribution in [3.63, 3.8) is 0 Å². The summed E-state index contributed by atoms with van der Waals surface area (Å²) in [5.41, 5.74) is 3.16. The van der Waals surface area contributed by atoms with Crippen molar-refractivity contribution in [2.24, 2.45) is 0 Å². The Labute approximate surface area is 176 Å². The normalized spacial score (nSPS) is 10.9. The van der Waals surface area contributed by atoms with Crippen LogP contribution in [0, 0.1) is 6.92 Å². The first-order valence-electron chi connectivity index (χ1n) is 9.50. The number of ether oxygens (including phenoxy) is 2. The van der Waals surface area contributed by atoms with Gasteiger partial charge in [-0.15, -0.1) is 0 Å². The Kier molecular flexibility index (Phi) is 7.07. The molecular formula is C23H25ClN2O3. The van der Waals surface area contributed by atoms with Gasteiger partial charge in [-0.3, -0.25) is 9.78 Å². The molecule has 0 aliphatic carbocycles. The van der Waals surface area contributed by atoms with Gasteiger partial charge in [0, 0.05) is 42.9 Å². The van der Waals surface area contributed by atoms with Crippen molar-refractivity contribution in [1.29, 1.82) is 0 Å². The van der Waals surface area contributed by atoms with E-state index in [2.05, 4.69) is 4.98 Å². The first kappa shape index (κ1) is 21.1. The molecule has 152 valence electrons. The Bertz CT molecular complexity index is 1010. The Morgan fingerprint density at radius 3 is 2.72 bits per heavy atom. The topological polar surface area (TPSA) is 51.7 Å². The van der Waals surface area contributed by atoms with Crippen LogP contribution in [0.15, 0.2) is 48.5 Å². The summed E-state index contributed by atoms with van der Waals surface area (Å²) in [6, 6.07) is 15.0. The Morgan fingerprint density at radius 1 is 1.14 bits per heavy atom. The van der Waals surface area contributed by atoms with Gasteiger partial charge in [0.05, 0.1) is 18.2 Å². The van der Waals surface area contributed by atoms with Crippen LogP contribution in [0.1, 0.15) is 28.0 Å². The predicted octanol–water partition coefficient (Wildman–Crippen LogP) is 4.88. The average molecular weight is 413 g/mol. The molecule has 0 aliphatic heterocycles. The van der Waals surface area contributed by atoms with Crippen molar-refractivity contribution in [3.05, 3.63) is 70.4 Å². The molecule has 6 heteroatoms. The lowest BCUT2D eigenvalue weighted by molar-refractivity contribution is 0.0725. The van der Waals surface area contributed by atoms with Crippen molar-refractivity contribution in [1.82, 2.24) is 9.88 Å². The fraction of sp³-hybridized carbons (Fsp3) is 0.304. The monoisotopic (exact) mass is 412 g/mol. The van der Waals surface area contributed by atoms with E-state index in [-0.39, 0.29) is 5.91 Å². The maximum absolute atomic E-state index is 13.6. The molecule has 1 amide bonds. The van der Waals surface area contributed by atoms with Crippen molar-refractivity contribution in [3.8, 4) is 5.75 Å². The van der Waals surface area contributed by atoms with Gasteiger partial charge in [-0.2, -0.15) is 0 Å². The van der Waals surface area contributed by atoms with Crippen LogP contribution in [-0.4, -0.2) is 43.2 Å². The minimum atomic E-state index is -0.0540. The van der Waals surface area contributed by atoms with Gasteiger partial charge in [0.2, 0.25) is 0 Å². The van der Waals surface area contributed by atoms with Gasteiger partial charge in [-0.05, 0) is 55.3 Å². The second kappa shape index (κ2) is 9.72. The second-order valence-electron chi connectivity index (χ2n) is 6.90. The van der Waals surface area contributed by atoms with Crippen LogP contribution in [0.2, 0.25) is 5.02 Å². The molecule has 0 spiro atoms. The molecule has 2 aromatic carbocycles. The number of carbonyl (C=O) groups is 1. The molecule has 0 radical (unpaired) electrons. The Morgan fingerprint density at radius 2 is 1.97 bits per heavy atom. The number of aryl methyl sites for hydroxylation is 1. The zero-order chi connectivity index (χ0) is 20.8. The van der Waals surface area contributed by atoms with E-state index in [0.717, 1.165) is 34.3 Å². The van der Waals surface area contributed by atoms with E-state index in [1.165, 1.54) is 0 Å². The third-order valence-electron chi connectivity index (χ3n) is 4.70. The molecule has 1 heterocycles. The van der Waals surface area contributed by atoms with Gasteiger partial charge < -0.3 is 14.4 Å². The van der Waals surface area contributed by atoms with Crippen molar-refractivity contribution in [2.45, 2.75) is 19.9 Å². The molecule has 0 aliphatic rings. The second-order valence-corrected chi connectivity index (χ2v) is 7.33. The van der Waals surface area contributed by atoms with E-state index in [0.29, 0.717) is 30.3 Å². The minimum Gasteiger partial charge on any atom is -0.497 e. The Balaban J connectivity index is 1.97. The number of amides is 1. The summed E-state index contributed by atoms with van der Waals surface area (Å²) in [7, 11) is 3.30. The summed E-state index contributed by atoms with van der Waals surface area (Å²) in [6.45, 7) is 3.53. The Hall–Kier alpha value is -2.63. The summed E-state index contributed by atoms with van der Waals surface area (Å²) >= 11 is 6.20. The number of nitrogens with zero attached hydrogens (tertiary/aromatic N) is 2. The number of rotatable bonds is 8. The van der Waals surface area contributed by atoms with E-state index >= 15 is 0 Å². The van der Waals surface area contributed by atoms with Crippen LogP contribution >= 0.6 is 11.6 Å². The molecule has 0 unspecified atom stereocenters. The van der Waals surface area contributed by atoms with Crippen LogP contribution in [0.3, 0.4) is 0 Å². The lowest BCUT2D eigenvalue weighted by Gasteiger charge is -2.24. The maximum atomic E-state index is 13.6. The number of carbonyl (C=O) groups excluding carboxylic acids is 1. The van der Waals surface area contributed by atoms with E-state index in [1.807, 2.05) is 48.2 Å². The molecule has 0 fully saturated rings. The summed E-state index contributed by atoms with van der Waals surface area (Å²) in [4.78, 5) is 19.9. The lowest BCUT2D eigenvalue weighted by Crippen LogP contribution is -2.32. The van der Waals surface area contributed by atoms with Crippen LogP contribution in [0.4, 0.5) is 0 Å². The van der Waals surface area contributed by atoms with Crippen LogP contribution in [-0.2, 0) is 11.3 Å². The molecule has 3 rings (SSSR count). The summed E-state index contributed by atoms with van der Waals surface area (Å²) in [5, 5.41) is 1.34. The van der Waals surface area contributed by atoms with E-state index in [1.54, 1.807) is 26.4 Å². The first-order chi connectivity index (χ1) is 14.0. The minimum absolute atomic E-state index is 0.0540. The van der Waals surface area contributed by atoms with Crippen molar-refractivity contribution >= 4 is 28.4 Å². The lowest BCUT2D eigenvalue weighted by atomic mass is 10.1. The summed E-state index contributed by atoms with van der Waals surface area (Å²) in [5.74, 6) is 0.713. The smallest absolute Gasteiger partial charge is 0.254 e. The predicted molar refractivity (Wildman–Crippen MR) is 116 cm³/mol. The van der Waals surface area contributed by atoms with Gasteiger partial charge >= 0.3 is 0 Å². The van der Waals surface area contributed by atoms with E-state index in [4.69, 9.17) is 21.1 Å². The zero-order valence-electron chi connectivity index (χ0n) is 16.9. The molecule has 0 bridgehead atoms. The van der Waals surface area contributed by atoms with E-state index in [9.17, 15) is 4.79 Å². The number of pyridine rings is 1. The van der Waals surface area contributed by atoms with Gasteiger partial charge in [-0.25, -0.2) is 0 Å². The van der Waals surface area contributed by atoms with Crippen molar-refractivity contribution < 1.29 is 14.3 Å². The summed E-state index contributed by atoms with van der Waals surface area (Å²) in [6.07, 6.45) is 0.745. The van der Waals surface area contributed by atoms with Crippen molar-refractivity contribution in [2.75, 3.05) is 27.4 Å². The quantitative estimate of drug-likeness (QED) is 0.494. The van der Waals surface area contributed by atoms with Gasteiger partial charge in [0.1, 0.15) is 5.75 Å². The third kappa shape index (κ3) is 5.25. The van der Waals surface area contributed by atoms with E-state index < -0.39 is 0 Å². The number of hydrogen-bond donors (Lipinski definition) is 0. The fourth-order valence-corrected chi connectivity index (χ4v) is 3.49. The van der Waals surface area contributed by atoms with Gasteiger partial charge in [0.25, 0.3) is 5.91 Å². The molecule has 0 saturated carbocycles. The molecule has 29 heavy (non-hydrogen) atoms. The number of hydrogen-bond acceptors (Lipinski definition) is 4.